The highest BCUT2D eigenvalue weighted by molar-refractivity contribution is 9.10. The average molecular weight is 695 g/mol. The Morgan fingerprint density at radius 3 is 2.42 bits per heavy atom. The molecule has 2 aromatic heterocycles. The number of anilines is 1. The molecule has 4 aromatic rings. The van der Waals surface area contributed by atoms with Gasteiger partial charge in [0.2, 0.25) is 0 Å². The lowest BCUT2D eigenvalue weighted by molar-refractivity contribution is 0.101. The molecule has 1 saturated heterocycles. The molecule has 1 fully saturated rings. The van der Waals surface area contributed by atoms with Crippen molar-refractivity contribution in [2.24, 2.45) is 0 Å². The molecule has 7 nitrogen and oxygen atoms in total. The molecule has 1 aliphatic carbocycles. The van der Waals surface area contributed by atoms with Crippen molar-refractivity contribution in [1.29, 1.82) is 0 Å². The second kappa shape index (κ2) is 17.3. The molecule has 0 spiro atoms. The zero-order chi connectivity index (χ0) is 32.3. The van der Waals surface area contributed by atoms with Crippen LogP contribution in [0.2, 0.25) is 5.02 Å². The minimum absolute atomic E-state index is 0.130. The van der Waals surface area contributed by atoms with Gasteiger partial charge in [0.15, 0.2) is 0 Å². The average Bonchev–Trinajstić information content (AvgIpc) is 3.21. The fourth-order valence-corrected chi connectivity index (χ4v) is 6.67. The molecule has 9 heteroatoms. The highest BCUT2D eigenvalue weighted by atomic mass is 79.9. The summed E-state index contributed by atoms with van der Waals surface area (Å²) in [5, 5.41) is 5.46. The number of rotatable bonds is 8. The van der Waals surface area contributed by atoms with Crippen molar-refractivity contribution in [3.8, 4) is 0 Å². The molecule has 0 bridgehead atoms. The first-order valence-electron chi connectivity index (χ1n) is 16.5. The molecule has 1 atom stereocenters. The number of aromatic nitrogens is 3. The molecular formula is C36H49BrClN7. The quantitative estimate of drug-likeness (QED) is 0.189. The number of pyridine rings is 1. The number of hydrogen-bond acceptors (Lipinski definition) is 7. The minimum Gasteiger partial charge on any atom is -0.369 e. The SMILES string of the molecule is CC.CC.CN(C)CCCNc1nc(CN2CCN(C3c4ccc(Cl)cc4CCc4cc(Br)cnc43)CC2)nc2ccccc12. The summed E-state index contributed by atoms with van der Waals surface area (Å²) in [6.07, 6.45) is 4.94. The van der Waals surface area contributed by atoms with Crippen LogP contribution < -0.4 is 5.32 Å². The third-order valence-corrected chi connectivity index (χ3v) is 8.82. The lowest BCUT2D eigenvalue weighted by atomic mass is 9.96. The number of piperazine rings is 1. The molecule has 1 aliphatic heterocycles. The Balaban J connectivity index is 0.00000111. The van der Waals surface area contributed by atoms with Gasteiger partial charge in [0.05, 0.1) is 23.8 Å². The van der Waals surface area contributed by atoms with Gasteiger partial charge < -0.3 is 10.2 Å². The molecule has 0 amide bonds. The summed E-state index contributed by atoms with van der Waals surface area (Å²) in [6.45, 7) is 14.5. The molecule has 45 heavy (non-hydrogen) atoms. The largest absolute Gasteiger partial charge is 0.369 e. The molecule has 2 aromatic carbocycles. The number of hydrogen-bond donors (Lipinski definition) is 1. The monoisotopic (exact) mass is 693 g/mol. The summed E-state index contributed by atoms with van der Waals surface area (Å²) in [4.78, 5) is 22.2. The van der Waals surface area contributed by atoms with Gasteiger partial charge in [-0.1, -0.05) is 57.5 Å². The lowest BCUT2D eigenvalue weighted by Gasteiger charge is -2.39. The van der Waals surface area contributed by atoms with Crippen LogP contribution in [0, 0.1) is 0 Å². The molecular weight excluding hydrogens is 646 g/mol. The van der Waals surface area contributed by atoms with E-state index in [2.05, 4.69) is 92.5 Å². The van der Waals surface area contributed by atoms with Gasteiger partial charge in [-0.15, -0.1) is 0 Å². The standard InChI is InChI=1S/C32H37BrClN7.2C2H6/c1-39(2)13-5-12-35-32-27-6-3-4-7-28(27)37-29(38-32)21-40-14-16-41(17-15-40)31-26-11-10-25(34)19-22(26)8-9-23-18-24(33)20-36-30(23)31;2*1-2/h3-4,6-7,10-11,18-20,31H,5,8-9,12-17,21H2,1-2H3,(H,35,37,38);2*1-2H3. The second-order valence-corrected chi connectivity index (χ2v) is 12.7. The van der Waals surface area contributed by atoms with Crippen LogP contribution in [0.1, 0.15) is 68.4 Å². The van der Waals surface area contributed by atoms with Crippen LogP contribution in [0.15, 0.2) is 59.2 Å². The van der Waals surface area contributed by atoms with Gasteiger partial charge >= 0.3 is 0 Å². The first-order chi connectivity index (χ1) is 21.9. The van der Waals surface area contributed by atoms with E-state index in [0.29, 0.717) is 0 Å². The maximum absolute atomic E-state index is 6.43. The molecule has 2 aliphatic rings. The first kappa shape index (κ1) is 35.2. The zero-order valence-corrected chi connectivity index (χ0v) is 30.1. The van der Waals surface area contributed by atoms with Crippen LogP contribution in [0.4, 0.5) is 5.82 Å². The number of aryl methyl sites for hydroxylation is 2. The van der Waals surface area contributed by atoms with Gasteiger partial charge in [-0.25, -0.2) is 9.97 Å². The Kier molecular flexibility index (Phi) is 13.6. The Hall–Kier alpha value is -2.62. The summed E-state index contributed by atoms with van der Waals surface area (Å²) in [7, 11) is 4.22. The van der Waals surface area contributed by atoms with Crippen molar-refractivity contribution in [1.82, 2.24) is 29.7 Å². The molecule has 0 radical (unpaired) electrons. The van der Waals surface area contributed by atoms with Gasteiger partial charge in [0.25, 0.3) is 0 Å². The number of fused-ring (bicyclic) bond motifs is 3. The van der Waals surface area contributed by atoms with Crippen molar-refractivity contribution in [3.05, 3.63) is 92.4 Å². The predicted octanol–water partition coefficient (Wildman–Crippen LogP) is 7.86. The van der Waals surface area contributed by atoms with Crippen molar-refractivity contribution < 1.29 is 0 Å². The Morgan fingerprint density at radius 2 is 1.67 bits per heavy atom. The normalized spacial score (nSPS) is 16.5. The van der Waals surface area contributed by atoms with Crippen molar-refractivity contribution in [2.45, 2.75) is 59.5 Å². The topological polar surface area (TPSA) is 60.4 Å². The zero-order valence-electron chi connectivity index (χ0n) is 27.8. The van der Waals surface area contributed by atoms with Gasteiger partial charge in [0, 0.05) is 53.8 Å². The summed E-state index contributed by atoms with van der Waals surface area (Å²) in [6, 6.07) is 17.0. The van der Waals surface area contributed by atoms with Crippen LogP contribution >= 0.6 is 27.5 Å². The van der Waals surface area contributed by atoms with E-state index in [4.69, 9.17) is 26.6 Å². The smallest absolute Gasteiger partial charge is 0.145 e. The predicted molar refractivity (Wildman–Crippen MR) is 193 cm³/mol. The first-order valence-corrected chi connectivity index (χ1v) is 17.6. The molecule has 242 valence electrons. The van der Waals surface area contributed by atoms with E-state index in [9.17, 15) is 0 Å². The number of halogens is 2. The lowest BCUT2D eigenvalue weighted by Crippen LogP contribution is -2.47. The van der Waals surface area contributed by atoms with Crippen molar-refractivity contribution >= 4 is 44.3 Å². The fourth-order valence-electron chi connectivity index (χ4n) is 6.09. The van der Waals surface area contributed by atoms with Gasteiger partial charge in [0.1, 0.15) is 11.6 Å². The van der Waals surface area contributed by atoms with Crippen LogP contribution in [-0.4, -0.2) is 83.0 Å². The van der Waals surface area contributed by atoms with E-state index in [1.165, 1.54) is 22.4 Å². The maximum Gasteiger partial charge on any atom is 0.145 e. The Bertz CT molecular complexity index is 1470. The number of nitrogens with one attached hydrogen (secondary N) is 1. The summed E-state index contributed by atoms with van der Waals surface area (Å²) >= 11 is 10.1. The molecule has 1 N–H and O–H groups in total. The Morgan fingerprint density at radius 1 is 0.933 bits per heavy atom. The van der Waals surface area contributed by atoms with E-state index in [0.717, 1.165) is 97.1 Å². The van der Waals surface area contributed by atoms with E-state index < -0.39 is 0 Å². The number of benzene rings is 2. The molecule has 0 saturated carbocycles. The second-order valence-electron chi connectivity index (χ2n) is 11.3. The molecule has 1 unspecified atom stereocenters. The fraction of sp³-hybridized carbons (Fsp3) is 0.472. The summed E-state index contributed by atoms with van der Waals surface area (Å²) < 4.78 is 1.03. The highest BCUT2D eigenvalue weighted by Gasteiger charge is 2.32. The van der Waals surface area contributed by atoms with Crippen LogP contribution in [0.25, 0.3) is 10.9 Å². The van der Waals surface area contributed by atoms with Crippen LogP contribution in [-0.2, 0) is 19.4 Å². The minimum atomic E-state index is 0.130. The van der Waals surface area contributed by atoms with Gasteiger partial charge in [-0.2, -0.15) is 0 Å². The Labute approximate surface area is 283 Å². The van der Waals surface area contributed by atoms with E-state index in [1.807, 2.05) is 40.0 Å². The third-order valence-electron chi connectivity index (χ3n) is 8.15. The van der Waals surface area contributed by atoms with E-state index in [-0.39, 0.29) is 6.04 Å². The number of para-hydroxylation sites is 1. The van der Waals surface area contributed by atoms with Crippen LogP contribution in [0.5, 0.6) is 0 Å². The van der Waals surface area contributed by atoms with Crippen LogP contribution in [0.3, 0.4) is 0 Å². The third kappa shape index (κ3) is 9.01. The highest BCUT2D eigenvalue weighted by Crippen LogP contribution is 2.38. The molecule has 3 heterocycles. The van der Waals surface area contributed by atoms with Crippen molar-refractivity contribution in [3.63, 3.8) is 0 Å². The number of nitrogens with zero attached hydrogens (tertiary/aromatic N) is 6. The van der Waals surface area contributed by atoms with E-state index >= 15 is 0 Å². The molecule has 6 rings (SSSR count). The van der Waals surface area contributed by atoms with Crippen molar-refractivity contribution in [2.75, 3.05) is 58.7 Å². The summed E-state index contributed by atoms with van der Waals surface area (Å²) in [5.74, 6) is 1.81. The van der Waals surface area contributed by atoms with Gasteiger partial charge in [-0.05, 0) is 103 Å². The van der Waals surface area contributed by atoms with Gasteiger partial charge in [-0.3, -0.25) is 14.8 Å². The summed E-state index contributed by atoms with van der Waals surface area (Å²) in [5.41, 5.74) is 6.14. The maximum atomic E-state index is 6.43. The van der Waals surface area contributed by atoms with E-state index in [1.54, 1.807) is 0 Å².